The van der Waals surface area contributed by atoms with E-state index in [1.807, 2.05) is 0 Å². The lowest BCUT2D eigenvalue weighted by Gasteiger charge is -2.62. The molecule has 2 saturated carbocycles. The van der Waals surface area contributed by atoms with Crippen molar-refractivity contribution in [3.05, 3.63) is 11.1 Å². The number of ketones is 1. The molecular weight excluding hydrogens is 464 g/mol. The molecule has 212 valence electrons. The van der Waals surface area contributed by atoms with Crippen LogP contribution in [-0.2, 0) is 9.53 Å². The van der Waals surface area contributed by atoms with Crippen molar-refractivity contribution in [2.75, 3.05) is 13.2 Å². The zero-order valence-corrected chi connectivity index (χ0v) is 24.8. The summed E-state index contributed by atoms with van der Waals surface area (Å²) in [6.07, 6.45) is 7.66. The molecule has 37 heavy (non-hydrogen) atoms. The van der Waals surface area contributed by atoms with Gasteiger partial charge in [0.15, 0.2) is 0 Å². The average molecular weight is 519 g/mol. The van der Waals surface area contributed by atoms with Crippen LogP contribution in [-0.4, -0.2) is 52.1 Å². The van der Waals surface area contributed by atoms with Gasteiger partial charge in [0, 0.05) is 18.4 Å². The number of allylic oxidation sites excluding steroid dienone is 1. The molecule has 4 aliphatic carbocycles. The van der Waals surface area contributed by atoms with Crippen molar-refractivity contribution in [1.82, 2.24) is 0 Å². The summed E-state index contributed by atoms with van der Waals surface area (Å²) in [5.74, 6) is 1.69. The van der Waals surface area contributed by atoms with E-state index in [2.05, 4.69) is 48.5 Å². The Kier molecular flexibility index (Phi) is 7.67. The van der Waals surface area contributed by atoms with Crippen molar-refractivity contribution >= 4 is 5.78 Å². The van der Waals surface area contributed by atoms with E-state index in [-0.39, 0.29) is 27.8 Å². The summed E-state index contributed by atoms with van der Waals surface area (Å²) in [5.41, 5.74) is 1.70. The molecular formula is C32H54O5. The Balaban J connectivity index is 1.68. The van der Waals surface area contributed by atoms with Crippen molar-refractivity contribution in [1.29, 1.82) is 0 Å². The molecule has 4 rings (SSSR count). The molecule has 0 aromatic rings. The van der Waals surface area contributed by atoms with Crippen molar-refractivity contribution in [2.45, 2.75) is 131 Å². The molecule has 0 spiro atoms. The Bertz CT molecular complexity index is 920. The first-order valence-corrected chi connectivity index (χ1v) is 15.0. The maximum absolute atomic E-state index is 13.0. The second-order valence-corrected chi connectivity index (χ2v) is 14.7. The van der Waals surface area contributed by atoms with Gasteiger partial charge < -0.3 is 20.1 Å². The lowest BCUT2D eigenvalue weighted by atomic mass is 9.43. The van der Waals surface area contributed by atoms with Gasteiger partial charge in [0.2, 0.25) is 0 Å². The molecule has 0 unspecified atom stereocenters. The second-order valence-electron chi connectivity index (χ2n) is 14.7. The summed E-state index contributed by atoms with van der Waals surface area (Å²) in [7, 11) is 0. The lowest BCUT2D eigenvalue weighted by molar-refractivity contribution is -0.143. The normalized spacial score (nSPS) is 42.5. The van der Waals surface area contributed by atoms with Gasteiger partial charge in [0.25, 0.3) is 0 Å². The summed E-state index contributed by atoms with van der Waals surface area (Å²) in [6.45, 7) is 18.0. The number of rotatable bonds is 8. The second kappa shape index (κ2) is 9.71. The average Bonchev–Trinajstić information content (AvgIpc) is 3.12. The van der Waals surface area contributed by atoms with Crippen molar-refractivity contribution < 1.29 is 24.9 Å². The van der Waals surface area contributed by atoms with Crippen LogP contribution in [0, 0.1) is 39.4 Å². The number of hydrogen-bond donors (Lipinski definition) is 3. The Morgan fingerprint density at radius 1 is 1.08 bits per heavy atom. The fourth-order valence-corrected chi connectivity index (χ4v) is 9.77. The van der Waals surface area contributed by atoms with Crippen LogP contribution in [0.15, 0.2) is 11.1 Å². The topological polar surface area (TPSA) is 87.0 Å². The lowest BCUT2D eigenvalue weighted by Crippen LogP contribution is -2.57. The highest BCUT2D eigenvalue weighted by atomic mass is 16.5. The first kappa shape index (κ1) is 29.2. The van der Waals surface area contributed by atoms with Gasteiger partial charge >= 0.3 is 0 Å². The van der Waals surface area contributed by atoms with Crippen LogP contribution in [0.3, 0.4) is 0 Å². The van der Waals surface area contributed by atoms with Crippen LogP contribution in [0.2, 0.25) is 0 Å². The molecule has 0 aromatic heterocycles. The van der Waals surface area contributed by atoms with E-state index >= 15 is 0 Å². The van der Waals surface area contributed by atoms with Crippen LogP contribution >= 0.6 is 0 Å². The highest BCUT2D eigenvalue weighted by molar-refractivity contribution is 5.85. The largest absolute Gasteiger partial charge is 0.393 e. The molecule has 4 aliphatic rings. The third-order valence-corrected chi connectivity index (χ3v) is 12.5. The van der Waals surface area contributed by atoms with Crippen molar-refractivity contribution in [3.63, 3.8) is 0 Å². The summed E-state index contributed by atoms with van der Waals surface area (Å²) >= 11 is 0. The van der Waals surface area contributed by atoms with Crippen molar-refractivity contribution in [3.8, 4) is 0 Å². The summed E-state index contributed by atoms with van der Waals surface area (Å²) in [5, 5.41) is 30.2. The van der Waals surface area contributed by atoms with Gasteiger partial charge in [0.1, 0.15) is 11.4 Å². The first-order chi connectivity index (χ1) is 17.1. The monoisotopic (exact) mass is 518 g/mol. The van der Waals surface area contributed by atoms with Crippen LogP contribution in [0.25, 0.3) is 0 Å². The van der Waals surface area contributed by atoms with Crippen LogP contribution < -0.4 is 0 Å². The molecule has 0 amide bonds. The Hall–Kier alpha value is -0.750. The SMILES string of the molecule is CCO[C@@H]1C[C@H]2C(C)(C)C(=O)CC[C@]2(C)C2=C1[C@]1(C)CC[C@H]([C@H](C)CC[C@@H](O)[C@@](C)(O)CO)[C@]1(C)CC2. The van der Waals surface area contributed by atoms with Gasteiger partial charge in [-0.05, 0) is 105 Å². The Labute approximate surface area is 225 Å². The molecule has 3 N–H and O–H groups in total. The maximum atomic E-state index is 13.0. The van der Waals surface area contributed by atoms with Crippen molar-refractivity contribution in [2.24, 2.45) is 39.4 Å². The standard InChI is InChI=1S/C32H54O5/c1-9-37-23-18-24-28(3,4)25(34)14-15-29(24,5)22-13-16-30(6)21(12-17-31(30,7)27(22)23)20(2)10-11-26(35)32(8,36)19-33/h20-21,23-24,26,33,35-36H,9-19H2,1-8H3/t20-,21-,23-,24+,26-,29-,30+,31+,32+/m1/s1. The third kappa shape index (κ3) is 4.30. The van der Waals surface area contributed by atoms with E-state index in [9.17, 15) is 20.1 Å². The van der Waals surface area contributed by atoms with E-state index in [0.29, 0.717) is 43.0 Å². The first-order valence-electron chi connectivity index (χ1n) is 15.0. The number of carbonyl (C=O) groups is 1. The van der Waals surface area contributed by atoms with E-state index in [0.717, 1.165) is 38.5 Å². The zero-order valence-electron chi connectivity index (χ0n) is 24.8. The highest BCUT2D eigenvalue weighted by Gasteiger charge is 2.65. The molecule has 5 nitrogen and oxygen atoms in total. The van der Waals surface area contributed by atoms with Gasteiger partial charge in [-0.2, -0.15) is 0 Å². The Morgan fingerprint density at radius 3 is 2.38 bits per heavy atom. The van der Waals surface area contributed by atoms with Crippen LogP contribution in [0.1, 0.15) is 113 Å². The molecule has 2 fully saturated rings. The fraction of sp³-hybridized carbons (Fsp3) is 0.906. The Morgan fingerprint density at radius 2 is 1.76 bits per heavy atom. The molecule has 0 saturated heterocycles. The van der Waals surface area contributed by atoms with Gasteiger partial charge in [-0.25, -0.2) is 0 Å². The maximum Gasteiger partial charge on any atom is 0.138 e. The number of fused-ring (bicyclic) bond motifs is 4. The van der Waals surface area contributed by atoms with Gasteiger partial charge in [-0.15, -0.1) is 0 Å². The van der Waals surface area contributed by atoms with Gasteiger partial charge in [-0.1, -0.05) is 47.1 Å². The number of aliphatic hydroxyl groups is 3. The summed E-state index contributed by atoms with van der Waals surface area (Å²) < 4.78 is 6.56. The smallest absolute Gasteiger partial charge is 0.138 e. The van der Waals surface area contributed by atoms with E-state index in [1.54, 1.807) is 11.1 Å². The minimum atomic E-state index is -1.45. The minimum absolute atomic E-state index is 0.0636. The number of aliphatic hydroxyl groups excluding tert-OH is 2. The van der Waals surface area contributed by atoms with Crippen LogP contribution in [0.5, 0.6) is 0 Å². The molecule has 9 atom stereocenters. The number of carbonyl (C=O) groups excluding carboxylic acids is 1. The van der Waals surface area contributed by atoms with E-state index in [1.165, 1.54) is 13.3 Å². The van der Waals surface area contributed by atoms with E-state index in [4.69, 9.17) is 4.74 Å². The highest BCUT2D eigenvalue weighted by Crippen LogP contribution is 2.72. The zero-order chi connectivity index (χ0) is 27.6. The number of ether oxygens (including phenoxy) is 1. The predicted molar refractivity (Wildman–Crippen MR) is 147 cm³/mol. The predicted octanol–water partition coefficient (Wildman–Crippen LogP) is 5.84. The summed E-state index contributed by atoms with van der Waals surface area (Å²) in [4.78, 5) is 13.0. The fourth-order valence-electron chi connectivity index (χ4n) is 9.77. The third-order valence-electron chi connectivity index (χ3n) is 12.5. The molecule has 0 radical (unpaired) electrons. The molecule has 0 bridgehead atoms. The van der Waals surface area contributed by atoms with Gasteiger partial charge in [0.05, 0.1) is 18.8 Å². The quantitative estimate of drug-likeness (QED) is 0.351. The van der Waals surface area contributed by atoms with Crippen LogP contribution in [0.4, 0.5) is 0 Å². The number of hydrogen-bond acceptors (Lipinski definition) is 5. The van der Waals surface area contributed by atoms with E-state index < -0.39 is 18.3 Å². The summed E-state index contributed by atoms with van der Waals surface area (Å²) in [6, 6.07) is 0. The minimum Gasteiger partial charge on any atom is -0.393 e. The van der Waals surface area contributed by atoms with Gasteiger partial charge in [-0.3, -0.25) is 4.79 Å². The molecule has 5 heteroatoms. The molecule has 0 aliphatic heterocycles. The molecule has 0 heterocycles. The molecule has 0 aromatic carbocycles. The number of Topliss-reactive ketones (excluding diaryl/α,β-unsaturated/α-hetero) is 1.